The molecule has 17 heavy (non-hydrogen) atoms. The van der Waals surface area contributed by atoms with Crippen molar-refractivity contribution < 1.29 is 14.1 Å². The standard InChI is InChI=1S/C9H15N2O2.2C2H6/c1-11(2,3)7-6-10-8(12)4-5-9(10)13;2*1-2/h4-5H,6-7H2,1-3H3;2*1-2H3/q+1;;. The molecule has 2 amide bonds. The first kappa shape index (κ1) is 18.2. The van der Waals surface area contributed by atoms with Crippen molar-refractivity contribution in [1.29, 1.82) is 0 Å². The number of rotatable bonds is 3. The molecule has 0 saturated carbocycles. The molecule has 0 N–H and O–H groups in total. The summed E-state index contributed by atoms with van der Waals surface area (Å²) in [4.78, 5) is 23.5. The molecule has 0 aromatic rings. The second kappa shape index (κ2) is 8.93. The van der Waals surface area contributed by atoms with Crippen LogP contribution >= 0.6 is 0 Å². The Kier molecular flexibility index (Phi) is 9.57. The zero-order valence-electron chi connectivity index (χ0n) is 12.3. The lowest BCUT2D eigenvalue weighted by Crippen LogP contribution is -2.43. The number of amides is 2. The maximum Gasteiger partial charge on any atom is 0.253 e. The van der Waals surface area contributed by atoms with E-state index >= 15 is 0 Å². The minimum atomic E-state index is -0.196. The van der Waals surface area contributed by atoms with E-state index in [1.54, 1.807) is 0 Å². The average Bonchev–Trinajstić information content (AvgIpc) is 2.61. The molecule has 0 aromatic heterocycles. The van der Waals surface area contributed by atoms with Gasteiger partial charge in [0.1, 0.15) is 0 Å². The fraction of sp³-hybridized carbons (Fsp3) is 0.692. The van der Waals surface area contributed by atoms with Gasteiger partial charge in [0.25, 0.3) is 11.8 Å². The predicted molar refractivity (Wildman–Crippen MR) is 71.5 cm³/mol. The summed E-state index contributed by atoms with van der Waals surface area (Å²) >= 11 is 0. The number of likely N-dealkylation sites (N-methyl/N-ethyl adjacent to an activating group) is 1. The summed E-state index contributed by atoms with van der Waals surface area (Å²) in [6.07, 6.45) is 2.63. The van der Waals surface area contributed by atoms with Gasteiger partial charge in [-0.25, -0.2) is 0 Å². The smallest absolute Gasteiger partial charge is 0.253 e. The predicted octanol–water partition coefficient (Wildman–Crippen LogP) is 1.67. The maximum absolute atomic E-state index is 11.1. The van der Waals surface area contributed by atoms with Gasteiger partial charge in [-0.3, -0.25) is 14.5 Å². The van der Waals surface area contributed by atoms with Crippen LogP contribution in [0.3, 0.4) is 0 Å². The third-order valence-corrected chi connectivity index (χ3v) is 1.89. The zero-order chi connectivity index (χ0) is 14.1. The van der Waals surface area contributed by atoms with Crippen LogP contribution in [0.5, 0.6) is 0 Å². The first-order valence-electron chi connectivity index (χ1n) is 6.24. The SMILES string of the molecule is CC.CC.C[N+](C)(C)CCN1C(=O)C=CC1=O. The third kappa shape index (κ3) is 7.69. The van der Waals surface area contributed by atoms with E-state index in [0.717, 1.165) is 11.0 Å². The van der Waals surface area contributed by atoms with Crippen LogP contribution in [0.25, 0.3) is 0 Å². The van der Waals surface area contributed by atoms with Crippen LogP contribution in [0.1, 0.15) is 27.7 Å². The number of quaternary nitrogens is 1. The van der Waals surface area contributed by atoms with Gasteiger partial charge in [-0.2, -0.15) is 0 Å². The minimum Gasteiger partial charge on any atom is -0.329 e. The van der Waals surface area contributed by atoms with Crippen LogP contribution in [-0.2, 0) is 9.59 Å². The highest BCUT2D eigenvalue weighted by atomic mass is 16.2. The van der Waals surface area contributed by atoms with Crippen LogP contribution in [0, 0.1) is 0 Å². The Morgan fingerprint density at radius 2 is 1.29 bits per heavy atom. The Labute approximate surface area is 105 Å². The summed E-state index contributed by atoms with van der Waals surface area (Å²) in [6.45, 7) is 9.27. The van der Waals surface area contributed by atoms with Crippen molar-refractivity contribution in [3.05, 3.63) is 12.2 Å². The lowest BCUT2D eigenvalue weighted by molar-refractivity contribution is -0.869. The van der Waals surface area contributed by atoms with E-state index in [1.165, 1.54) is 17.1 Å². The third-order valence-electron chi connectivity index (χ3n) is 1.89. The van der Waals surface area contributed by atoms with E-state index in [9.17, 15) is 9.59 Å². The van der Waals surface area contributed by atoms with E-state index in [2.05, 4.69) is 0 Å². The molecule has 0 aromatic carbocycles. The van der Waals surface area contributed by atoms with Crippen molar-refractivity contribution in [2.75, 3.05) is 34.2 Å². The molecule has 0 radical (unpaired) electrons. The van der Waals surface area contributed by atoms with Crippen molar-refractivity contribution >= 4 is 11.8 Å². The summed E-state index contributed by atoms with van der Waals surface area (Å²) in [7, 11) is 6.08. The van der Waals surface area contributed by atoms with Gasteiger partial charge in [-0.15, -0.1) is 0 Å². The molecule has 1 aliphatic rings. The van der Waals surface area contributed by atoms with Gasteiger partial charge in [-0.1, -0.05) is 27.7 Å². The highest BCUT2D eigenvalue weighted by molar-refractivity contribution is 6.12. The highest BCUT2D eigenvalue weighted by Gasteiger charge is 2.24. The van der Waals surface area contributed by atoms with Crippen molar-refractivity contribution in [2.24, 2.45) is 0 Å². The first-order valence-corrected chi connectivity index (χ1v) is 6.24. The topological polar surface area (TPSA) is 37.4 Å². The maximum atomic E-state index is 11.1. The van der Waals surface area contributed by atoms with Gasteiger partial charge in [0.15, 0.2) is 0 Å². The largest absolute Gasteiger partial charge is 0.329 e. The summed E-state index contributed by atoms with van der Waals surface area (Å²) in [5, 5.41) is 0. The average molecular weight is 243 g/mol. The van der Waals surface area contributed by atoms with Crippen molar-refractivity contribution in [2.45, 2.75) is 27.7 Å². The molecular formula is C13H27N2O2+. The van der Waals surface area contributed by atoms with Gasteiger partial charge in [0.05, 0.1) is 34.2 Å². The van der Waals surface area contributed by atoms with E-state index in [4.69, 9.17) is 0 Å². The van der Waals surface area contributed by atoms with E-state index < -0.39 is 0 Å². The minimum absolute atomic E-state index is 0.196. The lowest BCUT2D eigenvalue weighted by atomic mass is 10.4. The molecule has 1 heterocycles. The molecular weight excluding hydrogens is 216 g/mol. The molecule has 100 valence electrons. The summed E-state index contributed by atoms with van der Waals surface area (Å²) < 4.78 is 0.747. The van der Waals surface area contributed by atoms with Crippen LogP contribution in [0.15, 0.2) is 12.2 Å². The molecule has 4 nitrogen and oxygen atoms in total. The summed E-state index contributed by atoms with van der Waals surface area (Å²) in [5.41, 5.74) is 0. The fourth-order valence-corrected chi connectivity index (χ4v) is 1.05. The first-order chi connectivity index (χ1) is 7.90. The number of carbonyl (C=O) groups excluding carboxylic acids is 2. The van der Waals surface area contributed by atoms with Crippen molar-refractivity contribution in [3.8, 4) is 0 Å². The number of hydrogen-bond donors (Lipinski definition) is 0. The molecule has 1 aliphatic heterocycles. The molecule has 0 unspecified atom stereocenters. The van der Waals surface area contributed by atoms with E-state index in [0.29, 0.717) is 6.54 Å². The molecule has 0 saturated heterocycles. The molecule has 0 atom stereocenters. The van der Waals surface area contributed by atoms with Crippen LogP contribution < -0.4 is 0 Å². The second-order valence-electron chi connectivity index (χ2n) is 4.18. The highest BCUT2D eigenvalue weighted by Crippen LogP contribution is 2.03. The Hall–Kier alpha value is -1.16. The Morgan fingerprint density at radius 1 is 0.941 bits per heavy atom. The normalized spacial score (nSPS) is 13.9. The molecule has 0 aliphatic carbocycles. The van der Waals surface area contributed by atoms with Crippen LogP contribution in [-0.4, -0.2) is 55.4 Å². The number of nitrogens with zero attached hydrogens (tertiary/aromatic N) is 2. The van der Waals surface area contributed by atoms with Crippen LogP contribution in [0.2, 0.25) is 0 Å². The van der Waals surface area contributed by atoms with Crippen molar-refractivity contribution in [3.63, 3.8) is 0 Å². The number of hydrogen-bond acceptors (Lipinski definition) is 2. The lowest BCUT2D eigenvalue weighted by Gasteiger charge is -2.26. The van der Waals surface area contributed by atoms with Gasteiger partial charge in [0.2, 0.25) is 0 Å². The van der Waals surface area contributed by atoms with Gasteiger partial charge >= 0.3 is 0 Å². The molecule has 0 fully saturated rings. The summed E-state index contributed by atoms with van der Waals surface area (Å²) in [6, 6.07) is 0. The Morgan fingerprint density at radius 3 is 1.59 bits per heavy atom. The van der Waals surface area contributed by atoms with Gasteiger partial charge in [-0.05, 0) is 0 Å². The molecule has 0 bridgehead atoms. The quantitative estimate of drug-likeness (QED) is 0.558. The Bertz CT molecular complexity index is 247. The zero-order valence-corrected chi connectivity index (χ0v) is 12.3. The van der Waals surface area contributed by atoms with E-state index in [-0.39, 0.29) is 11.8 Å². The number of carbonyl (C=O) groups is 2. The molecule has 0 spiro atoms. The fourth-order valence-electron chi connectivity index (χ4n) is 1.05. The van der Waals surface area contributed by atoms with Gasteiger partial charge in [0, 0.05) is 12.2 Å². The number of imide groups is 1. The van der Waals surface area contributed by atoms with E-state index in [1.807, 2.05) is 48.8 Å². The Balaban J connectivity index is 0. The monoisotopic (exact) mass is 243 g/mol. The molecule has 4 heteroatoms. The second-order valence-corrected chi connectivity index (χ2v) is 4.18. The van der Waals surface area contributed by atoms with Gasteiger partial charge < -0.3 is 4.48 Å². The summed E-state index contributed by atoms with van der Waals surface area (Å²) in [5.74, 6) is -0.392. The van der Waals surface area contributed by atoms with Crippen molar-refractivity contribution in [1.82, 2.24) is 4.90 Å². The van der Waals surface area contributed by atoms with Crippen LogP contribution in [0.4, 0.5) is 0 Å². The molecule has 1 rings (SSSR count).